The molecule has 1 saturated heterocycles. The molecule has 0 radical (unpaired) electrons. The minimum atomic E-state index is -0.170. The number of nitrogens with one attached hydrogen (secondary N) is 1. The van der Waals surface area contributed by atoms with Crippen LogP contribution >= 0.6 is 0 Å². The van der Waals surface area contributed by atoms with E-state index in [0.717, 1.165) is 24.9 Å². The number of urea groups is 1. The maximum atomic E-state index is 12.4. The summed E-state index contributed by atoms with van der Waals surface area (Å²) in [6.45, 7) is 8.32. The quantitative estimate of drug-likeness (QED) is 0.896. The lowest BCUT2D eigenvalue weighted by molar-refractivity contribution is 0.0612. The molecule has 1 fully saturated rings. The smallest absolute Gasteiger partial charge is 0.317 e. The van der Waals surface area contributed by atoms with E-state index in [9.17, 15) is 9.90 Å². The first kappa shape index (κ1) is 16.7. The fourth-order valence-electron chi connectivity index (χ4n) is 2.93. The van der Waals surface area contributed by atoms with Crippen molar-refractivity contribution in [1.29, 1.82) is 0 Å². The van der Waals surface area contributed by atoms with Gasteiger partial charge >= 0.3 is 6.03 Å². The third kappa shape index (κ3) is 3.97. The number of pyridine rings is 1. The fraction of sp³-hybridized carbons (Fsp3) is 0.647. The Bertz CT molecular complexity index is 504. The van der Waals surface area contributed by atoms with Crippen molar-refractivity contribution in [3.05, 3.63) is 30.1 Å². The highest BCUT2D eigenvalue weighted by molar-refractivity contribution is 5.74. The van der Waals surface area contributed by atoms with Gasteiger partial charge in [-0.2, -0.15) is 0 Å². The van der Waals surface area contributed by atoms with Gasteiger partial charge in [0.2, 0.25) is 0 Å². The molecule has 5 heteroatoms. The van der Waals surface area contributed by atoms with Crippen LogP contribution in [0, 0.1) is 5.41 Å². The zero-order valence-corrected chi connectivity index (χ0v) is 13.8. The molecule has 0 aromatic carbocycles. The summed E-state index contributed by atoms with van der Waals surface area (Å²) >= 11 is 0. The average Bonchev–Trinajstić information content (AvgIpc) is 2.53. The van der Waals surface area contributed by atoms with Crippen LogP contribution in [0.3, 0.4) is 0 Å². The lowest BCUT2D eigenvalue weighted by Gasteiger charge is -2.39. The lowest BCUT2D eigenvalue weighted by Crippen LogP contribution is -2.51. The van der Waals surface area contributed by atoms with Crippen molar-refractivity contribution < 1.29 is 9.90 Å². The molecule has 2 amide bonds. The third-order valence-electron chi connectivity index (χ3n) is 4.59. The second-order valence-electron chi connectivity index (χ2n) is 7.27. The molecular weight excluding hydrogens is 278 g/mol. The number of likely N-dealkylation sites (tertiary alicyclic amines) is 1. The Morgan fingerprint density at radius 1 is 1.45 bits per heavy atom. The molecule has 1 aliphatic heterocycles. The van der Waals surface area contributed by atoms with Crippen molar-refractivity contribution in [2.24, 2.45) is 5.41 Å². The molecule has 1 aromatic heterocycles. The maximum Gasteiger partial charge on any atom is 0.317 e. The predicted molar refractivity (Wildman–Crippen MR) is 86.7 cm³/mol. The summed E-state index contributed by atoms with van der Waals surface area (Å²) in [4.78, 5) is 18.3. The number of piperidine rings is 1. The molecule has 2 N–H and O–H groups in total. The van der Waals surface area contributed by atoms with Gasteiger partial charge in [-0.3, -0.25) is 4.98 Å². The molecule has 1 aromatic rings. The summed E-state index contributed by atoms with van der Waals surface area (Å²) in [6, 6.07) is 3.92. The number of carbonyl (C=O) groups is 1. The highest BCUT2D eigenvalue weighted by Gasteiger charge is 2.33. The molecule has 2 rings (SSSR count). The number of aromatic nitrogens is 1. The lowest BCUT2D eigenvalue weighted by atomic mass is 9.83. The van der Waals surface area contributed by atoms with E-state index >= 15 is 0 Å². The van der Waals surface area contributed by atoms with Gasteiger partial charge in [-0.1, -0.05) is 20.8 Å². The van der Waals surface area contributed by atoms with E-state index in [1.165, 1.54) is 0 Å². The molecule has 0 aliphatic carbocycles. The van der Waals surface area contributed by atoms with Gasteiger partial charge in [-0.15, -0.1) is 0 Å². The van der Waals surface area contributed by atoms with Crippen LogP contribution in [-0.2, 0) is 5.41 Å². The predicted octanol–water partition coefficient (Wildman–Crippen LogP) is 2.16. The molecule has 0 bridgehead atoms. The van der Waals surface area contributed by atoms with Crippen LogP contribution < -0.4 is 5.32 Å². The molecule has 1 atom stereocenters. The van der Waals surface area contributed by atoms with Crippen LogP contribution in [-0.4, -0.2) is 47.3 Å². The van der Waals surface area contributed by atoms with Crippen molar-refractivity contribution in [2.45, 2.75) is 39.0 Å². The highest BCUT2D eigenvalue weighted by atomic mass is 16.3. The van der Waals surface area contributed by atoms with E-state index < -0.39 is 0 Å². The van der Waals surface area contributed by atoms with Crippen LogP contribution in [0.5, 0.6) is 0 Å². The summed E-state index contributed by atoms with van der Waals surface area (Å²) in [5, 5.41) is 12.5. The van der Waals surface area contributed by atoms with E-state index in [1.54, 1.807) is 12.4 Å². The summed E-state index contributed by atoms with van der Waals surface area (Å²) < 4.78 is 0. The zero-order chi connectivity index (χ0) is 16.2. The van der Waals surface area contributed by atoms with E-state index in [4.69, 9.17) is 0 Å². The molecule has 1 unspecified atom stereocenters. The third-order valence-corrected chi connectivity index (χ3v) is 4.59. The van der Waals surface area contributed by atoms with Gasteiger partial charge in [-0.05, 0) is 30.5 Å². The van der Waals surface area contributed by atoms with Crippen molar-refractivity contribution in [1.82, 2.24) is 15.2 Å². The van der Waals surface area contributed by atoms with Crippen LogP contribution in [0.15, 0.2) is 24.5 Å². The normalized spacial score (nSPS) is 22.5. The molecule has 0 spiro atoms. The van der Waals surface area contributed by atoms with E-state index in [1.807, 2.05) is 24.0 Å². The number of carbonyl (C=O) groups excluding carboxylic acids is 1. The van der Waals surface area contributed by atoms with Gasteiger partial charge in [0.25, 0.3) is 0 Å². The van der Waals surface area contributed by atoms with Crippen molar-refractivity contribution in [3.8, 4) is 0 Å². The second kappa shape index (κ2) is 6.65. The molecule has 1 aliphatic rings. The monoisotopic (exact) mass is 305 g/mol. The Labute approximate surface area is 132 Å². The van der Waals surface area contributed by atoms with Crippen LogP contribution in [0.1, 0.15) is 39.2 Å². The fourth-order valence-corrected chi connectivity index (χ4v) is 2.93. The first-order valence-corrected chi connectivity index (χ1v) is 7.90. The number of nitrogens with zero attached hydrogens (tertiary/aromatic N) is 2. The van der Waals surface area contributed by atoms with Gasteiger partial charge in [0.15, 0.2) is 0 Å². The largest absolute Gasteiger partial charge is 0.396 e. The van der Waals surface area contributed by atoms with Crippen LogP contribution in [0.4, 0.5) is 4.79 Å². The minimum Gasteiger partial charge on any atom is -0.396 e. The SMILES string of the molecule is CC1(CO)CCCN(C(=O)NCC(C)(C)c2ccncc2)C1. The van der Waals surface area contributed by atoms with Crippen LogP contribution in [0.2, 0.25) is 0 Å². The Balaban J connectivity index is 1.92. The maximum absolute atomic E-state index is 12.4. The van der Waals surface area contributed by atoms with Crippen molar-refractivity contribution in [3.63, 3.8) is 0 Å². The highest BCUT2D eigenvalue weighted by Crippen LogP contribution is 2.28. The Kier molecular flexibility index (Phi) is 5.06. The van der Waals surface area contributed by atoms with Gasteiger partial charge in [0, 0.05) is 42.9 Å². The Morgan fingerprint density at radius 2 is 2.14 bits per heavy atom. The summed E-state index contributed by atoms with van der Waals surface area (Å²) in [5.41, 5.74) is 0.840. The first-order chi connectivity index (χ1) is 10.4. The number of hydrogen-bond acceptors (Lipinski definition) is 3. The van der Waals surface area contributed by atoms with Gasteiger partial charge in [-0.25, -0.2) is 4.79 Å². The second-order valence-corrected chi connectivity index (χ2v) is 7.27. The number of hydrogen-bond donors (Lipinski definition) is 2. The van der Waals surface area contributed by atoms with Gasteiger partial charge in [0.1, 0.15) is 0 Å². The number of aliphatic hydroxyl groups excluding tert-OH is 1. The number of rotatable bonds is 4. The van der Waals surface area contributed by atoms with E-state index in [-0.39, 0.29) is 23.5 Å². The Morgan fingerprint density at radius 3 is 2.77 bits per heavy atom. The molecule has 122 valence electrons. The van der Waals surface area contributed by atoms with Gasteiger partial charge in [0.05, 0.1) is 6.61 Å². The molecule has 5 nitrogen and oxygen atoms in total. The summed E-state index contributed by atoms with van der Waals surface area (Å²) in [7, 11) is 0. The first-order valence-electron chi connectivity index (χ1n) is 7.90. The Hall–Kier alpha value is -1.62. The molecular formula is C17H27N3O2. The van der Waals surface area contributed by atoms with E-state index in [0.29, 0.717) is 13.1 Å². The van der Waals surface area contributed by atoms with Gasteiger partial charge < -0.3 is 15.3 Å². The summed E-state index contributed by atoms with van der Waals surface area (Å²) in [5.74, 6) is 0. The molecule has 22 heavy (non-hydrogen) atoms. The van der Waals surface area contributed by atoms with Crippen molar-refractivity contribution in [2.75, 3.05) is 26.2 Å². The number of aliphatic hydroxyl groups is 1. The zero-order valence-electron chi connectivity index (χ0n) is 13.8. The topological polar surface area (TPSA) is 65.5 Å². The summed E-state index contributed by atoms with van der Waals surface area (Å²) in [6.07, 6.45) is 5.46. The van der Waals surface area contributed by atoms with Crippen molar-refractivity contribution >= 4 is 6.03 Å². The average molecular weight is 305 g/mol. The standard InChI is InChI=1S/C17H27N3O2/c1-16(2,14-5-8-18-9-6-14)11-19-15(22)20-10-4-7-17(3,12-20)13-21/h5-6,8-9,21H,4,7,10-13H2,1-3H3,(H,19,22). The number of amides is 2. The minimum absolute atomic E-state index is 0.0403. The van der Waals surface area contributed by atoms with E-state index in [2.05, 4.69) is 24.1 Å². The molecule has 2 heterocycles. The van der Waals surface area contributed by atoms with Crippen LogP contribution in [0.25, 0.3) is 0 Å². The molecule has 0 saturated carbocycles.